The van der Waals surface area contributed by atoms with Gasteiger partial charge in [0.2, 0.25) is 11.7 Å². The van der Waals surface area contributed by atoms with Crippen LogP contribution in [-0.4, -0.2) is 15.1 Å². The highest BCUT2D eigenvalue weighted by molar-refractivity contribution is 5.47. The highest BCUT2D eigenvalue weighted by Gasteiger charge is 2.37. The zero-order valence-electron chi connectivity index (χ0n) is 9.77. The minimum absolute atomic E-state index is 0.349. The molecule has 2 aromatic rings. The summed E-state index contributed by atoms with van der Waals surface area (Å²) in [4.78, 5) is 8.19. The Balaban J connectivity index is 1.91. The molecule has 0 atom stereocenters. The molecule has 0 unspecified atom stereocenters. The number of nitrogens with zero attached hydrogens (tertiary/aromatic N) is 3. The first kappa shape index (κ1) is 11.3. The van der Waals surface area contributed by atoms with E-state index in [1.165, 1.54) is 12.1 Å². The number of halogens is 1. The third kappa shape index (κ3) is 1.88. The van der Waals surface area contributed by atoms with Crippen molar-refractivity contribution in [2.24, 2.45) is 5.73 Å². The summed E-state index contributed by atoms with van der Waals surface area (Å²) in [5, 5.41) is 3.85. The second-order valence-corrected chi connectivity index (χ2v) is 4.65. The Bertz CT molecular complexity index is 545. The van der Waals surface area contributed by atoms with Crippen molar-refractivity contribution in [3.05, 3.63) is 30.0 Å². The van der Waals surface area contributed by atoms with Gasteiger partial charge in [0, 0.05) is 0 Å². The van der Waals surface area contributed by atoms with Crippen molar-refractivity contribution in [3.63, 3.8) is 0 Å². The van der Waals surface area contributed by atoms with E-state index in [4.69, 9.17) is 10.3 Å². The molecule has 0 radical (unpaired) electrons. The van der Waals surface area contributed by atoms with Crippen LogP contribution >= 0.6 is 0 Å². The number of hydrogen-bond donors (Lipinski definition) is 1. The van der Waals surface area contributed by atoms with E-state index in [0.717, 1.165) is 31.9 Å². The molecule has 0 saturated heterocycles. The Hall–Kier alpha value is -1.82. The maximum absolute atomic E-state index is 12.8. The van der Waals surface area contributed by atoms with Crippen molar-refractivity contribution in [2.75, 3.05) is 0 Å². The number of rotatable bonds is 2. The SMILES string of the molecule is NC1(c2nc(-c3ccc(F)cn3)no2)CCCC1. The van der Waals surface area contributed by atoms with Gasteiger partial charge in [-0.25, -0.2) is 9.37 Å². The van der Waals surface area contributed by atoms with Crippen molar-refractivity contribution in [1.82, 2.24) is 15.1 Å². The molecule has 1 aliphatic carbocycles. The van der Waals surface area contributed by atoms with Gasteiger partial charge in [0.05, 0.1) is 11.7 Å². The maximum atomic E-state index is 12.8. The molecule has 0 spiro atoms. The van der Waals surface area contributed by atoms with Crippen LogP contribution in [0, 0.1) is 5.82 Å². The summed E-state index contributed by atoms with van der Waals surface area (Å²) >= 11 is 0. The average Bonchev–Trinajstić information content (AvgIpc) is 2.99. The van der Waals surface area contributed by atoms with Crippen LogP contribution in [-0.2, 0) is 5.54 Å². The highest BCUT2D eigenvalue weighted by Crippen LogP contribution is 2.35. The Morgan fingerprint density at radius 1 is 1.28 bits per heavy atom. The largest absolute Gasteiger partial charge is 0.337 e. The highest BCUT2D eigenvalue weighted by atomic mass is 19.1. The zero-order chi connectivity index (χ0) is 12.6. The Labute approximate surface area is 103 Å². The molecule has 1 aliphatic rings. The first-order valence-electron chi connectivity index (χ1n) is 5.92. The molecule has 6 heteroatoms. The molecule has 5 nitrogen and oxygen atoms in total. The molecule has 0 bridgehead atoms. The molecular weight excluding hydrogens is 235 g/mol. The lowest BCUT2D eigenvalue weighted by molar-refractivity contribution is 0.285. The average molecular weight is 248 g/mol. The summed E-state index contributed by atoms with van der Waals surface area (Å²) in [6, 6.07) is 2.83. The predicted octanol–water partition coefficient (Wildman–Crippen LogP) is 2.00. The van der Waals surface area contributed by atoms with Gasteiger partial charge in [-0.3, -0.25) is 0 Å². The monoisotopic (exact) mass is 248 g/mol. The number of aromatic nitrogens is 3. The fourth-order valence-electron chi connectivity index (χ4n) is 2.26. The maximum Gasteiger partial charge on any atom is 0.247 e. The van der Waals surface area contributed by atoms with E-state index < -0.39 is 11.4 Å². The summed E-state index contributed by atoms with van der Waals surface area (Å²) in [5.41, 5.74) is 6.19. The van der Waals surface area contributed by atoms with Crippen LogP contribution < -0.4 is 5.73 Å². The Morgan fingerprint density at radius 3 is 2.72 bits per heavy atom. The molecule has 1 saturated carbocycles. The topological polar surface area (TPSA) is 77.8 Å². The Morgan fingerprint density at radius 2 is 2.06 bits per heavy atom. The van der Waals surface area contributed by atoms with Crippen LogP contribution in [0.25, 0.3) is 11.5 Å². The van der Waals surface area contributed by atoms with Crippen LogP contribution in [0.5, 0.6) is 0 Å². The minimum atomic E-state index is -0.509. The standard InChI is InChI=1S/C12H13FN4O/c13-8-3-4-9(15-7-8)10-16-11(18-17-10)12(14)5-1-2-6-12/h3-4,7H,1-2,5-6,14H2. The minimum Gasteiger partial charge on any atom is -0.337 e. The number of nitrogens with two attached hydrogens (primary N) is 1. The summed E-state index contributed by atoms with van der Waals surface area (Å²) in [6.07, 6.45) is 4.97. The van der Waals surface area contributed by atoms with Crippen molar-refractivity contribution in [3.8, 4) is 11.5 Å². The van der Waals surface area contributed by atoms with E-state index in [1.54, 1.807) is 0 Å². The number of hydrogen-bond acceptors (Lipinski definition) is 5. The van der Waals surface area contributed by atoms with Gasteiger partial charge in [0.25, 0.3) is 0 Å². The van der Waals surface area contributed by atoms with Gasteiger partial charge in [-0.05, 0) is 25.0 Å². The first-order valence-corrected chi connectivity index (χ1v) is 5.92. The lowest BCUT2D eigenvalue weighted by Crippen LogP contribution is -2.33. The third-order valence-corrected chi connectivity index (χ3v) is 3.30. The van der Waals surface area contributed by atoms with Crippen LogP contribution in [0.4, 0.5) is 4.39 Å². The van der Waals surface area contributed by atoms with Gasteiger partial charge in [-0.2, -0.15) is 4.98 Å². The lowest BCUT2D eigenvalue weighted by Gasteiger charge is -2.17. The van der Waals surface area contributed by atoms with Crippen LogP contribution in [0.3, 0.4) is 0 Å². The van der Waals surface area contributed by atoms with Gasteiger partial charge in [0.15, 0.2) is 0 Å². The van der Waals surface area contributed by atoms with Gasteiger partial charge < -0.3 is 10.3 Å². The van der Waals surface area contributed by atoms with E-state index in [9.17, 15) is 4.39 Å². The van der Waals surface area contributed by atoms with E-state index in [-0.39, 0.29) is 0 Å². The molecule has 3 rings (SSSR count). The van der Waals surface area contributed by atoms with E-state index >= 15 is 0 Å². The molecule has 0 amide bonds. The zero-order valence-corrected chi connectivity index (χ0v) is 9.77. The second-order valence-electron chi connectivity index (χ2n) is 4.65. The smallest absolute Gasteiger partial charge is 0.247 e. The van der Waals surface area contributed by atoms with Crippen LogP contribution in [0.1, 0.15) is 31.6 Å². The van der Waals surface area contributed by atoms with Gasteiger partial charge in [-0.15, -0.1) is 0 Å². The van der Waals surface area contributed by atoms with Gasteiger partial charge >= 0.3 is 0 Å². The van der Waals surface area contributed by atoms with Gasteiger partial charge in [0.1, 0.15) is 11.5 Å². The van der Waals surface area contributed by atoms with E-state index in [1.807, 2.05) is 0 Å². The quantitative estimate of drug-likeness (QED) is 0.879. The molecule has 1 fully saturated rings. The molecule has 0 aliphatic heterocycles. The fourth-order valence-corrected chi connectivity index (χ4v) is 2.26. The summed E-state index contributed by atoms with van der Waals surface area (Å²) in [5.74, 6) is 0.399. The van der Waals surface area contributed by atoms with E-state index in [0.29, 0.717) is 17.4 Å². The normalized spacial score (nSPS) is 18.1. The van der Waals surface area contributed by atoms with Crippen LogP contribution in [0.15, 0.2) is 22.9 Å². The fraction of sp³-hybridized carbons (Fsp3) is 0.417. The third-order valence-electron chi connectivity index (χ3n) is 3.30. The first-order chi connectivity index (χ1) is 8.67. The predicted molar refractivity (Wildman–Crippen MR) is 61.8 cm³/mol. The molecule has 2 N–H and O–H groups in total. The van der Waals surface area contributed by atoms with Crippen molar-refractivity contribution < 1.29 is 8.91 Å². The second kappa shape index (κ2) is 4.13. The molecular formula is C12H13FN4O. The molecule has 18 heavy (non-hydrogen) atoms. The van der Waals surface area contributed by atoms with Gasteiger partial charge in [-0.1, -0.05) is 18.0 Å². The lowest BCUT2D eigenvalue weighted by atomic mass is 9.99. The summed E-state index contributed by atoms with van der Waals surface area (Å²) in [7, 11) is 0. The summed E-state index contributed by atoms with van der Waals surface area (Å²) in [6.45, 7) is 0. The number of pyridine rings is 1. The van der Waals surface area contributed by atoms with E-state index in [2.05, 4.69) is 15.1 Å². The van der Waals surface area contributed by atoms with Crippen molar-refractivity contribution >= 4 is 0 Å². The molecule has 0 aromatic carbocycles. The molecule has 2 heterocycles. The molecule has 2 aromatic heterocycles. The van der Waals surface area contributed by atoms with Crippen LogP contribution in [0.2, 0.25) is 0 Å². The van der Waals surface area contributed by atoms with Crippen molar-refractivity contribution in [2.45, 2.75) is 31.2 Å². The molecule has 94 valence electrons. The van der Waals surface area contributed by atoms with Crippen molar-refractivity contribution in [1.29, 1.82) is 0 Å². The Kier molecular flexibility index (Phi) is 2.59. The summed E-state index contributed by atoms with van der Waals surface area (Å²) < 4.78 is 18.0.